The summed E-state index contributed by atoms with van der Waals surface area (Å²) in [5, 5.41) is 15.6. The third kappa shape index (κ3) is 6.68. The molecule has 3 rings (SSSR count). The fourth-order valence-corrected chi connectivity index (χ4v) is 5.23. The highest BCUT2D eigenvalue weighted by atomic mass is 16.3. The number of aliphatic hydroxyl groups excluding tert-OH is 1. The van der Waals surface area contributed by atoms with Crippen LogP contribution in [0.2, 0.25) is 0 Å². The molecule has 1 unspecified atom stereocenters. The summed E-state index contributed by atoms with van der Waals surface area (Å²) < 4.78 is 0. The van der Waals surface area contributed by atoms with Crippen LogP contribution in [0.4, 0.5) is 5.69 Å². The molecule has 3 atom stereocenters. The average molecular weight is 438 g/mol. The number of rotatable bonds is 12. The molecule has 2 aromatic rings. The summed E-state index contributed by atoms with van der Waals surface area (Å²) >= 11 is 0. The number of aromatic nitrogens is 1. The number of fused-ring (bicyclic) bond motifs is 1. The van der Waals surface area contributed by atoms with Crippen molar-refractivity contribution in [2.45, 2.75) is 77.7 Å². The van der Waals surface area contributed by atoms with E-state index in [-0.39, 0.29) is 0 Å². The molecular formula is C26H39N5O. The number of aliphatic hydroxyl groups is 1. The highest BCUT2D eigenvalue weighted by Gasteiger charge is 2.28. The quantitative estimate of drug-likeness (QED) is 0.163. The maximum absolute atomic E-state index is 11.0. The fourth-order valence-electron chi connectivity index (χ4n) is 5.23. The van der Waals surface area contributed by atoms with Crippen LogP contribution in [0.1, 0.15) is 83.3 Å². The number of benzene rings is 1. The number of pyridine rings is 1. The third-order valence-corrected chi connectivity index (χ3v) is 7.17. The molecule has 0 bridgehead atoms. The van der Waals surface area contributed by atoms with E-state index in [9.17, 15) is 5.11 Å². The zero-order chi connectivity index (χ0) is 22.8. The first-order valence-corrected chi connectivity index (χ1v) is 12.5. The minimum absolute atomic E-state index is 0.532. The molecule has 6 nitrogen and oxygen atoms in total. The first-order valence-electron chi connectivity index (χ1n) is 12.5. The SMILES string of the molecule is CCCCCCCN1CC[C@@H](CCC(O)c2ccnc3ccc(N=[N+]=[N-])cc23)[C@@H](CC)C1. The lowest BCUT2D eigenvalue weighted by Gasteiger charge is -2.39. The molecule has 1 N–H and O–H groups in total. The summed E-state index contributed by atoms with van der Waals surface area (Å²) in [6.07, 6.45) is 12.2. The molecule has 1 aromatic carbocycles. The molecule has 0 saturated carbocycles. The maximum Gasteiger partial charge on any atom is 0.0797 e. The predicted octanol–water partition coefficient (Wildman–Crippen LogP) is 7.31. The molecule has 174 valence electrons. The van der Waals surface area contributed by atoms with Crippen molar-refractivity contribution in [3.05, 3.63) is 46.5 Å². The summed E-state index contributed by atoms with van der Waals surface area (Å²) in [4.78, 5) is 9.94. The van der Waals surface area contributed by atoms with E-state index in [1.54, 1.807) is 12.3 Å². The molecule has 32 heavy (non-hydrogen) atoms. The Balaban J connectivity index is 1.56. The van der Waals surface area contributed by atoms with Crippen LogP contribution in [0.5, 0.6) is 0 Å². The van der Waals surface area contributed by atoms with Gasteiger partial charge in [0.2, 0.25) is 0 Å². The van der Waals surface area contributed by atoms with Crippen LogP contribution in [-0.4, -0.2) is 34.6 Å². The molecule has 1 aliphatic rings. The maximum atomic E-state index is 11.0. The van der Waals surface area contributed by atoms with Crippen molar-refractivity contribution in [1.82, 2.24) is 9.88 Å². The second-order valence-corrected chi connectivity index (χ2v) is 9.32. The molecule has 0 radical (unpaired) electrons. The molecule has 2 heterocycles. The van der Waals surface area contributed by atoms with Crippen molar-refractivity contribution >= 4 is 16.6 Å². The van der Waals surface area contributed by atoms with Crippen molar-refractivity contribution in [3.8, 4) is 0 Å². The number of piperidine rings is 1. The van der Waals surface area contributed by atoms with E-state index in [0.29, 0.717) is 11.6 Å². The number of hydrogen-bond donors (Lipinski definition) is 1. The first-order chi connectivity index (χ1) is 15.7. The van der Waals surface area contributed by atoms with E-state index in [1.807, 2.05) is 18.2 Å². The summed E-state index contributed by atoms with van der Waals surface area (Å²) in [6, 6.07) is 7.33. The number of azide groups is 1. The van der Waals surface area contributed by atoms with Crippen molar-refractivity contribution in [1.29, 1.82) is 0 Å². The van der Waals surface area contributed by atoms with E-state index in [4.69, 9.17) is 5.53 Å². The minimum atomic E-state index is -0.532. The van der Waals surface area contributed by atoms with E-state index < -0.39 is 6.10 Å². The number of likely N-dealkylation sites (tertiary alicyclic amines) is 1. The van der Waals surface area contributed by atoms with Gasteiger partial charge in [0.15, 0.2) is 0 Å². The third-order valence-electron chi connectivity index (χ3n) is 7.17. The van der Waals surface area contributed by atoms with Crippen LogP contribution in [0.15, 0.2) is 35.6 Å². The molecule has 0 aliphatic carbocycles. The van der Waals surface area contributed by atoms with Crippen LogP contribution >= 0.6 is 0 Å². The monoisotopic (exact) mass is 437 g/mol. The number of unbranched alkanes of at least 4 members (excludes halogenated alkanes) is 4. The first kappa shape index (κ1) is 24.5. The zero-order valence-corrected chi connectivity index (χ0v) is 19.8. The summed E-state index contributed by atoms with van der Waals surface area (Å²) in [6.45, 7) is 8.22. The smallest absolute Gasteiger partial charge is 0.0797 e. The largest absolute Gasteiger partial charge is 0.388 e. The Hall–Kier alpha value is -2.14. The second-order valence-electron chi connectivity index (χ2n) is 9.32. The van der Waals surface area contributed by atoms with Gasteiger partial charge in [0.25, 0.3) is 0 Å². The molecule has 1 saturated heterocycles. The van der Waals surface area contributed by atoms with Gasteiger partial charge in [-0.25, -0.2) is 0 Å². The fraction of sp³-hybridized carbons (Fsp3) is 0.654. The Kier molecular flexibility index (Phi) is 9.79. The molecule has 6 heteroatoms. The second kappa shape index (κ2) is 12.8. The van der Waals surface area contributed by atoms with Crippen molar-refractivity contribution in [2.24, 2.45) is 17.0 Å². The lowest BCUT2D eigenvalue weighted by molar-refractivity contribution is 0.0903. The average Bonchev–Trinajstić information content (AvgIpc) is 2.82. The lowest BCUT2D eigenvalue weighted by Crippen LogP contribution is -2.40. The van der Waals surface area contributed by atoms with Crippen LogP contribution in [-0.2, 0) is 0 Å². The minimum Gasteiger partial charge on any atom is -0.388 e. The molecule has 0 amide bonds. The molecule has 1 aromatic heterocycles. The number of nitrogens with zero attached hydrogens (tertiary/aromatic N) is 5. The van der Waals surface area contributed by atoms with Gasteiger partial charge < -0.3 is 10.0 Å². The summed E-state index contributed by atoms with van der Waals surface area (Å²) in [7, 11) is 0. The standard InChI is InChI=1S/C26H39N5O/c1-3-5-6-7-8-16-31-17-14-21(20(4-2)19-31)9-12-26(32)23-13-15-28-25-11-10-22(29-30-27)18-24(23)25/h10-11,13,15,18,20-21,26,32H,3-9,12,14,16-17,19H2,1-2H3/t20-,21+,26?/m0/s1. The van der Waals surface area contributed by atoms with Gasteiger partial charge in [0.1, 0.15) is 0 Å². The van der Waals surface area contributed by atoms with Gasteiger partial charge in [-0.15, -0.1) is 0 Å². The van der Waals surface area contributed by atoms with Gasteiger partial charge in [0.05, 0.1) is 11.6 Å². The van der Waals surface area contributed by atoms with E-state index in [0.717, 1.165) is 35.2 Å². The molecule has 0 spiro atoms. The van der Waals surface area contributed by atoms with Gasteiger partial charge in [-0.1, -0.05) is 57.1 Å². The Morgan fingerprint density at radius 2 is 2.03 bits per heavy atom. The summed E-state index contributed by atoms with van der Waals surface area (Å²) in [5.41, 5.74) is 11.0. The molecule has 1 aliphatic heterocycles. The summed E-state index contributed by atoms with van der Waals surface area (Å²) in [5.74, 6) is 1.40. The highest BCUT2D eigenvalue weighted by Crippen LogP contribution is 2.34. The van der Waals surface area contributed by atoms with Gasteiger partial charge in [-0.05, 0) is 79.9 Å². The van der Waals surface area contributed by atoms with Crippen LogP contribution in [0.25, 0.3) is 21.3 Å². The van der Waals surface area contributed by atoms with Gasteiger partial charge in [-0.3, -0.25) is 4.98 Å². The number of hydrogen-bond acceptors (Lipinski definition) is 4. The Morgan fingerprint density at radius 1 is 1.19 bits per heavy atom. The Morgan fingerprint density at radius 3 is 2.81 bits per heavy atom. The normalized spacial score (nSPS) is 20.2. The topological polar surface area (TPSA) is 85.1 Å². The molecular weight excluding hydrogens is 398 g/mol. The van der Waals surface area contributed by atoms with Crippen molar-refractivity contribution < 1.29 is 5.11 Å². The van der Waals surface area contributed by atoms with Crippen molar-refractivity contribution in [2.75, 3.05) is 19.6 Å². The van der Waals surface area contributed by atoms with Crippen molar-refractivity contribution in [3.63, 3.8) is 0 Å². The highest BCUT2D eigenvalue weighted by molar-refractivity contribution is 5.85. The lowest BCUT2D eigenvalue weighted by atomic mass is 9.80. The predicted molar refractivity (Wildman–Crippen MR) is 132 cm³/mol. The van der Waals surface area contributed by atoms with Crippen LogP contribution in [0, 0.1) is 11.8 Å². The van der Waals surface area contributed by atoms with Crippen LogP contribution < -0.4 is 0 Å². The molecule has 1 fully saturated rings. The van der Waals surface area contributed by atoms with Gasteiger partial charge >= 0.3 is 0 Å². The van der Waals surface area contributed by atoms with Gasteiger partial charge in [0, 0.05) is 28.7 Å². The van der Waals surface area contributed by atoms with Gasteiger partial charge in [-0.2, -0.15) is 0 Å². The van der Waals surface area contributed by atoms with Crippen LogP contribution in [0.3, 0.4) is 0 Å². The van der Waals surface area contributed by atoms with E-state index in [1.165, 1.54) is 64.6 Å². The Labute approximate surface area is 192 Å². The van der Waals surface area contributed by atoms with E-state index in [2.05, 4.69) is 33.8 Å². The zero-order valence-electron chi connectivity index (χ0n) is 19.8. The van der Waals surface area contributed by atoms with E-state index >= 15 is 0 Å². The Bertz CT molecular complexity index is 895.